The van der Waals surface area contributed by atoms with Crippen molar-refractivity contribution in [2.45, 2.75) is 0 Å². The monoisotopic (exact) mass is 1040 g/mol. The van der Waals surface area contributed by atoms with Gasteiger partial charge in [0.2, 0.25) is 0 Å². The van der Waals surface area contributed by atoms with Crippen molar-refractivity contribution in [2.75, 3.05) is 0 Å². The third kappa shape index (κ3) is 6.52. The van der Waals surface area contributed by atoms with E-state index in [0.29, 0.717) is 0 Å². The molecule has 0 amide bonds. The zero-order chi connectivity index (χ0) is 52.9. The van der Waals surface area contributed by atoms with Crippen LogP contribution in [0.3, 0.4) is 0 Å². The molecule has 5 heteroatoms. The number of thiophene rings is 1. The Kier molecular flexibility index (Phi) is 9.35. The predicted octanol–water partition coefficient (Wildman–Crippen LogP) is 21.0. The number of hydrogen-bond donors (Lipinski definition) is 0. The molecule has 0 spiro atoms. The topological polar surface area (TPSA) is 35.6 Å². The largest absolute Gasteiger partial charge is 0.309 e. The van der Waals surface area contributed by atoms with Crippen LogP contribution >= 0.6 is 11.3 Å². The Morgan fingerprint density at radius 3 is 1.38 bits per heavy atom. The van der Waals surface area contributed by atoms with Crippen LogP contribution in [0, 0.1) is 0 Å². The average molecular weight is 1050 g/mol. The maximum Gasteiger partial charge on any atom is 0.0971 e. The summed E-state index contributed by atoms with van der Waals surface area (Å²) in [4.78, 5) is 10.2. The fourth-order valence-corrected chi connectivity index (χ4v) is 14.9. The number of fused-ring (bicyclic) bond motifs is 21. The minimum atomic E-state index is 0.898. The molecule has 0 radical (unpaired) electrons. The number of rotatable bonds is 5. The van der Waals surface area contributed by atoms with Crippen molar-refractivity contribution in [3.05, 3.63) is 267 Å². The number of nitrogens with zero attached hydrogens (tertiary/aromatic N) is 4. The smallest absolute Gasteiger partial charge is 0.0971 e. The molecule has 0 aliphatic rings. The van der Waals surface area contributed by atoms with Crippen LogP contribution in [0.25, 0.3) is 173 Å². The van der Waals surface area contributed by atoms with E-state index >= 15 is 0 Å². The summed E-state index contributed by atoms with van der Waals surface area (Å²) in [5.41, 5.74) is 15.8. The molecule has 0 saturated carbocycles. The van der Waals surface area contributed by atoms with Crippen LogP contribution in [0.4, 0.5) is 0 Å². The van der Waals surface area contributed by atoms with E-state index in [1.807, 2.05) is 23.7 Å². The molecular weight excluding hydrogens is 1000 g/mol. The molecule has 0 saturated heterocycles. The van der Waals surface area contributed by atoms with E-state index < -0.39 is 0 Å². The van der Waals surface area contributed by atoms with E-state index in [4.69, 9.17) is 9.97 Å². The third-order valence-electron chi connectivity index (χ3n) is 17.4. The first-order valence-corrected chi connectivity index (χ1v) is 28.5. The van der Waals surface area contributed by atoms with Gasteiger partial charge in [-0.25, -0.2) is 0 Å². The van der Waals surface area contributed by atoms with Crippen LogP contribution < -0.4 is 0 Å². The summed E-state index contributed by atoms with van der Waals surface area (Å²) >= 11 is 1.86. The number of para-hydroxylation sites is 2. The van der Waals surface area contributed by atoms with Crippen molar-refractivity contribution >= 4 is 140 Å². The van der Waals surface area contributed by atoms with E-state index in [-0.39, 0.29) is 0 Å². The SMILES string of the molecule is c1cc(-c2ccc3c4ccccc4c4ccccc4c3c2)cc(-c2ccc3c4ccc(-c5cccc6c5c5ccccc5n6-c5ccc6c(c5)c5ccccc5n6-c5ccc6sc7ccccc7c6c5)cc4c4nccnc4c3c2)c1. The van der Waals surface area contributed by atoms with Crippen molar-refractivity contribution in [3.63, 3.8) is 0 Å². The Morgan fingerprint density at radius 2 is 0.691 bits per heavy atom. The van der Waals surface area contributed by atoms with Gasteiger partial charge in [0, 0.05) is 76.3 Å². The van der Waals surface area contributed by atoms with Gasteiger partial charge in [-0.3, -0.25) is 9.97 Å². The summed E-state index contributed by atoms with van der Waals surface area (Å²) in [6.45, 7) is 0. The Balaban J connectivity index is 0.752. The van der Waals surface area contributed by atoms with Crippen LogP contribution in [0.5, 0.6) is 0 Å². The first-order valence-electron chi connectivity index (χ1n) is 27.7. The van der Waals surface area contributed by atoms with Gasteiger partial charge in [0.25, 0.3) is 0 Å². The van der Waals surface area contributed by atoms with Crippen LogP contribution in [0.15, 0.2) is 267 Å². The van der Waals surface area contributed by atoms with Gasteiger partial charge in [-0.15, -0.1) is 11.3 Å². The van der Waals surface area contributed by atoms with Crippen molar-refractivity contribution in [1.82, 2.24) is 19.1 Å². The summed E-state index contributed by atoms with van der Waals surface area (Å²) in [5, 5.41) is 19.7. The lowest BCUT2D eigenvalue weighted by Crippen LogP contribution is -1.96. The van der Waals surface area contributed by atoms with Gasteiger partial charge >= 0.3 is 0 Å². The summed E-state index contributed by atoms with van der Waals surface area (Å²) in [7, 11) is 0. The molecule has 0 atom stereocenters. The highest BCUT2D eigenvalue weighted by Crippen LogP contribution is 2.45. The van der Waals surface area contributed by atoms with Crippen LogP contribution in [-0.2, 0) is 0 Å². The lowest BCUT2D eigenvalue weighted by Gasteiger charge is -2.14. The van der Waals surface area contributed by atoms with Gasteiger partial charge in [0.15, 0.2) is 0 Å². The number of aromatic nitrogens is 4. The van der Waals surface area contributed by atoms with E-state index in [9.17, 15) is 0 Å². The standard InChI is InChI=1S/C76H44N4S/c1-2-17-55-53(15-1)54-16-3-4-18-56(54)63-40-47(27-32-57(55)63)45-13-11-14-46(39-45)48-28-33-58-59-34-29-49(42-67(59)76-75(66(58)41-48)77-37-38-78-76)52-22-12-25-71-74(52)62-21-6-9-24-69(62)80(71)50-30-35-70-64(43-50)60-19-5-8-23-68(60)79(70)51-31-36-73-65(44-51)61-20-7-10-26-72(61)81-73/h1-44H. The number of hydrogen-bond acceptors (Lipinski definition) is 3. The Morgan fingerprint density at radius 1 is 0.247 bits per heavy atom. The molecule has 4 nitrogen and oxygen atoms in total. The van der Waals surface area contributed by atoms with Crippen molar-refractivity contribution in [3.8, 4) is 44.8 Å². The van der Waals surface area contributed by atoms with Crippen molar-refractivity contribution < 1.29 is 0 Å². The quantitative estimate of drug-likeness (QED) is 0.161. The third-order valence-corrected chi connectivity index (χ3v) is 18.5. The lowest BCUT2D eigenvalue weighted by molar-refractivity contribution is 1.17. The van der Waals surface area contributed by atoms with Gasteiger partial charge in [0.05, 0.1) is 33.1 Å². The molecule has 0 aliphatic heterocycles. The van der Waals surface area contributed by atoms with E-state index in [2.05, 4.69) is 264 Å². The summed E-state index contributed by atoms with van der Waals surface area (Å²) in [5.74, 6) is 0. The Labute approximate surface area is 468 Å². The predicted molar refractivity (Wildman–Crippen MR) is 345 cm³/mol. The second-order valence-corrected chi connectivity index (χ2v) is 22.7. The highest BCUT2D eigenvalue weighted by Gasteiger charge is 2.21. The lowest BCUT2D eigenvalue weighted by atomic mass is 9.91. The van der Waals surface area contributed by atoms with Crippen LogP contribution in [0.1, 0.15) is 0 Å². The molecule has 0 aliphatic carbocycles. The minimum Gasteiger partial charge on any atom is -0.309 e. The Hall–Kier alpha value is -10.5. The van der Waals surface area contributed by atoms with Gasteiger partial charge in [-0.1, -0.05) is 170 Å². The van der Waals surface area contributed by atoms with Gasteiger partial charge in [-0.2, -0.15) is 0 Å². The molecule has 0 unspecified atom stereocenters. The van der Waals surface area contributed by atoms with Gasteiger partial charge in [-0.05, 0) is 161 Å². The Bertz CT molecular complexity index is 5680. The molecule has 4 aromatic heterocycles. The maximum absolute atomic E-state index is 5.09. The van der Waals surface area contributed by atoms with Gasteiger partial charge in [0.1, 0.15) is 0 Å². The van der Waals surface area contributed by atoms with Gasteiger partial charge < -0.3 is 9.13 Å². The second kappa shape index (κ2) is 17.0. The van der Waals surface area contributed by atoms with Crippen molar-refractivity contribution in [1.29, 1.82) is 0 Å². The molecule has 18 aromatic rings. The average Bonchev–Trinajstić information content (AvgIpc) is 4.44. The molecule has 81 heavy (non-hydrogen) atoms. The first-order chi connectivity index (χ1) is 40.2. The maximum atomic E-state index is 5.09. The van der Waals surface area contributed by atoms with Crippen molar-refractivity contribution in [2.24, 2.45) is 0 Å². The van der Waals surface area contributed by atoms with E-state index in [0.717, 1.165) is 60.5 Å². The van der Waals surface area contributed by atoms with Crippen LogP contribution in [0.2, 0.25) is 0 Å². The highest BCUT2D eigenvalue weighted by atomic mass is 32.1. The summed E-state index contributed by atoms with van der Waals surface area (Å²) in [6.07, 6.45) is 3.66. The second-order valence-electron chi connectivity index (χ2n) is 21.6. The molecular formula is C76H44N4S. The normalized spacial score (nSPS) is 12.2. The van der Waals surface area contributed by atoms with E-state index in [1.54, 1.807) is 0 Å². The molecule has 0 bridgehead atoms. The fourth-order valence-electron chi connectivity index (χ4n) is 13.8. The first kappa shape index (κ1) is 44.5. The van der Waals surface area contributed by atoms with Crippen LogP contribution in [-0.4, -0.2) is 19.1 Å². The minimum absolute atomic E-state index is 0.898. The highest BCUT2D eigenvalue weighted by molar-refractivity contribution is 7.25. The molecule has 374 valence electrons. The molecule has 0 N–H and O–H groups in total. The fraction of sp³-hybridized carbons (Fsp3) is 0. The summed E-state index contributed by atoms with van der Waals surface area (Å²) < 4.78 is 7.52. The molecule has 18 rings (SSSR count). The zero-order valence-electron chi connectivity index (χ0n) is 43.6. The molecule has 0 fully saturated rings. The zero-order valence-corrected chi connectivity index (χ0v) is 44.4. The molecule has 4 heterocycles. The molecule has 14 aromatic carbocycles. The van der Waals surface area contributed by atoms with E-state index in [1.165, 1.54) is 113 Å². The number of benzene rings is 14. The summed E-state index contributed by atoms with van der Waals surface area (Å²) in [6, 6.07) is 94.5.